The van der Waals surface area contributed by atoms with E-state index < -0.39 is 0 Å². The summed E-state index contributed by atoms with van der Waals surface area (Å²) in [5, 5.41) is 0. The summed E-state index contributed by atoms with van der Waals surface area (Å²) >= 11 is 5.90. The van der Waals surface area contributed by atoms with E-state index in [1.165, 1.54) is 0 Å². The van der Waals surface area contributed by atoms with Gasteiger partial charge in [-0.3, -0.25) is 4.79 Å². The highest BCUT2D eigenvalue weighted by Gasteiger charge is 2.68. The normalized spacial score (nSPS) is 40.8. The molecule has 4 heteroatoms. The van der Waals surface area contributed by atoms with Crippen molar-refractivity contribution in [1.29, 1.82) is 0 Å². The van der Waals surface area contributed by atoms with Gasteiger partial charge in [0.1, 0.15) is 0 Å². The largest absolute Gasteiger partial charge is 0.352 e. The third-order valence-corrected chi connectivity index (χ3v) is 4.87. The number of carbonyl (C=O) groups is 1. The van der Waals surface area contributed by atoms with Crippen LogP contribution in [-0.2, 0) is 9.53 Å². The van der Waals surface area contributed by atoms with Gasteiger partial charge in [0.25, 0.3) is 0 Å². The number of nitrogens with zero attached hydrogens (tertiary/aromatic N) is 1. The number of amides is 1. The van der Waals surface area contributed by atoms with Crippen molar-refractivity contribution >= 4 is 17.5 Å². The molecule has 94 valence electrons. The first-order valence-corrected chi connectivity index (χ1v) is 6.91. The lowest BCUT2D eigenvalue weighted by Crippen LogP contribution is -2.36. The number of fused-ring (bicyclic) bond motifs is 3. The van der Waals surface area contributed by atoms with Gasteiger partial charge in [0.05, 0.1) is 12.6 Å². The van der Waals surface area contributed by atoms with E-state index in [0.29, 0.717) is 24.3 Å². The topological polar surface area (TPSA) is 29.5 Å². The number of piperidine rings is 1. The van der Waals surface area contributed by atoms with Crippen LogP contribution in [0, 0.1) is 17.8 Å². The highest BCUT2D eigenvalue weighted by Crippen LogP contribution is 2.60. The first kappa shape index (κ1) is 10.8. The maximum atomic E-state index is 12.4. The minimum Gasteiger partial charge on any atom is -0.352 e. The second-order valence-corrected chi connectivity index (χ2v) is 5.64. The zero-order chi connectivity index (χ0) is 12.3. The second kappa shape index (κ2) is 3.72. The fraction of sp³-hybridized carbons (Fsp3) is 0.500. The van der Waals surface area contributed by atoms with E-state index in [9.17, 15) is 4.79 Å². The van der Waals surface area contributed by atoms with Gasteiger partial charge in [-0.05, 0) is 11.8 Å². The molecule has 1 amide bonds. The zero-order valence-electron chi connectivity index (χ0n) is 9.83. The number of alkyl halides is 1. The summed E-state index contributed by atoms with van der Waals surface area (Å²) in [5.74, 6) is 1.83. The van der Waals surface area contributed by atoms with E-state index in [-0.39, 0.29) is 24.1 Å². The Morgan fingerprint density at radius 3 is 2.83 bits per heavy atom. The van der Waals surface area contributed by atoms with Crippen molar-refractivity contribution in [3.63, 3.8) is 0 Å². The quantitative estimate of drug-likeness (QED) is 0.764. The molecule has 1 aliphatic carbocycles. The van der Waals surface area contributed by atoms with Crippen LogP contribution in [0.3, 0.4) is 0 Å². The van der Waals surface area contributed by atoms with Crippen molar-refractivity contribution in [2.24, 2.45) is 17.8 Å². The Hall–Kier alpha value is -1.06. The number of ether oxygens (including phenoxy) is 1. The van der Waals surface area contributed by atoms with Crippen molar-refractivity contribution in [1.82, 2.24) is 4.90 Å². The number of benzene rings is 1. The number of carbonyl (C=O) groups excluding carboxylic acids is 1. The van der Waals surface area contributed by atoms with Crippen LogP contribution in [0.25, 0.3) is 0 Å². The van der Waals surface area contributed by atoms with Gasteiger partial charge < -0.3 is 9.64 Å². The molecule has 4 rings (SSSR count). The minimum atomic E-state index is -0.188. The third-order valence-electron chi connectivity index (χ3n) is 4.51. The second-order valence-electron chi connectivity index (χ2n) is 5.33. The fourth-order valence-electron chi connectivity index (χ4n) is 3.62. The van der Waals surface area contributed by atoms with Crippen LogP contribution >= 0.6 is 11.6 Å². The number of rotatable bonds is 2. The SMILES string of the molecule is O=C1[C@@H]2[C@@H](CCl)[C@@H]2[C@H]2CO[C@H](c3ccccc3)N12. The molecule has 2 heterocycles. The van der Waals surface area contributed by atoms with E-state index >= 15 is 0 Å². The monoisotopic (exact) mass is 263 g/mol. The molecule has 1 saturated carbocycles. The average molecular weight is 264 g/mol. The van der Waals surface area contributed by atoms with Gasteiger partial charge >= 0.3 is 0 Å². The molecule has 2 aliphatic heterocycles. The van der Waals surface area contributed by atoms with E-state index in [0.717, 1.165) is 5.56 Å². The van der Waals surface area contributed by atoms with E-state index in [1.807, 2.05) is 35.2 Å². The van der Waals surface area contributed by atoms with Gasteiger partial charge in [-0.2, -0.15) is 0 Å². The summed E-state index contributed by atoms with van der Waals surface area (Å²) in [4.78, 5) is 14.3. The molecular formula is C14H14ClNO2. The molecule has 0 unspecified atom stereocenters. The first-order chi connectivity index (χ1) is 8.83. The Kier molecular flexibility index (Phi) is 2.24. The van der Waals surface area contributed by atoms with Crippen LogP contribution in [0.5, 0.6) is 0 Å². The molecule has 0 N–H and O–H groups in total. The molecule has 2 saturated heterocycles. The summed E-state index contributed by atoms with van der Waals surface area (Å²) in [7, 11) is 0. The predicted molar refractivity (Wildman–Crippen MR) is 67.0 cm³/mol. The highest BCUT2D eigenvalue weighted by atomic mass is 35.5. The zero-order valence-corrected chi connectivity index (χ0v) is 10.6. The molecule has 0 aromatic heterocycles. The Morgan fingerprint density at radius 1 is 1.33 bits per heavy atom. The average Bonchev–Trinajstić information content (AvgIpc) is 2.85. The molecule has 1 aromatic carbocycles. The molecular weight excluding hydrogens is 250 g/mol. The van der Waals surface area contributed by atoms with Gasteiger partial charge in [0.15, 0.2) is 6.23 Å². The Balaban J connectivity index is 1.63. The molecule has 0 spiro atoms. The number of hydrogen-bond acceptors (Lipinski definition) is 2. The van der Waals surface area contributed by atoms with Crippen molar-refractivity contribution in [3.8, 4) is 0 Å². The Morgan fingerprint density at radius 2 is 2.11 bits per heavy atom. The lowest BCUT2D eigenvalue weighted by Gasteiger charge is -2.25. The Bertz CT molecular complexity index is 492. The van der Waals surface area contributed by atoms with Crippen LogP contribution in [0.1, 0.15) is 11.8 Å². The number of halogens is 1. The van der Waals surface area contributed by atoms with Gasteiger partial charge in [0.2, 0.25) is 5.91 Å². The van der Waals surface area contributed by atoms with Crippen molar-refractivity contribution in [3.05, 3.63) is 35.9 Å². The predicted octanol–water partition coefficient (Wildman–Crippen LogP) is 2.03. The molecule has 3 nitrogen and oxygen atoms in total. The van der Waals surface area contributed by atoms with Crippen LogP contribution < -0.4 is 0 Å². The summed E-state index contributed by atoms with van der Waals surface area (Å²) in [6.07, 6.45) is -0.188. The van der Waals surface area contributed by atoms with E-state index in [1.54, 1.807) is 0 Å². The smallest absolute Gasteiger partial charge is 0.229 e. The van der Waals surface area contributed by atoms with E-state index in [2.05, 4.69) is 0 Å². The lowest BCUT2D eigenvalue weighted by atomic mass is 10.1. The van der Waals surface area contributed by atoms with E-state index in [4.69, 9.17) is 16.3 Å². The molecule has 0 bridgehead atoms. The van der Waals surface area contributed by atoms with Gasteiger partial charge in [0, 0.05) is 17.4 Å². The van der Waals surface area contributed by atoms with Crippen LogP contribution in [-0.4, -0.2) is 29.3 Å². The molecule has 18 heavy (non-hydrogen) atoms. The summed E-state index contributed by atoms with van der Waals surface area (Å²) < 4.78 is 5.83. The summed E-state index contributed by atoms with van der Waals surface area (Å²) in [6.45, 7) is 0.653. The van der Waals surface area contributed by atoms with Crippen molar-refractivity contribution < 1.29 is 9.53 Å². The maximum absolute atomic E-state index is 12.4. The van der Waals surface area contributed by atoms with Gasteiger partial charge in [-0.1, -0.05) is 30.3 Å². The van der Waals surface area contributed by atoms with Gasteiger partial charge in [-0.15, -0.1) is 11.6 Å². The lowest BCUT2D eigenvalue weighted by molar-refractivity contribution is -0.137. The first-order valence-electron chi connectivity index (χ1n) is 6.37. The van der Waals surface area contributed by atoms with Crippen molar-refractivity contribution in [2.45, 2.75) is 12.3 Å². The summed E-state index contributed by atoms with van der Waals surface area (Å²) in [5.41, 5.74) is 1.07. The Labute approximate surface area is 111 Å². The summed E-state index contributed by atoms with van der Waals surface area (Å²) in [6, 6.07) is 10.2. The molecule has 3 aliphatic rings. The third kappa shape index (κ3) is 1.26. The van der Waals surface area contributed by atoms with Crippen LogP contribution in [0.4, 0.5) is 0 Å². The fourth-order valence-corrected chi connectivity index (χ4v) is 4.02. The number of hydrogen-bond donors (Lipinski definition) is 0. The highest BCUT2D eigenvalue weighted by molar-refractivity contribution is 6.18. The standard InChI is InChI=1S/C14H14ClNO2/c15-6-9-11-10-7-18-14(8-4-2-1-3-5-8)16(10)13(17)12(9)11/h1-5,9-12,14H,6-7H2/t9-,10+,11+,12+,14+/m0/s1. The molecule has 1 aromatic rings. The molecule has 5 atom stereocenters. The molecule has 3 fully saturated rings. The van der Waals surface area contributed by atoms with Crippen LogP contribution in [0.2, 0.25) is 0 Å². The van der Waals surface area contributed by atoms with Crippen molar-refractivity contribution in [2.75, 3.05) is 12.5 Å². The molecule has 0 radical (unpaired) electrons. The van der Waals surface area contributed by atoms with Crippen LogP contribution in [0.15, 0.2) is 30.3 Å². The van der Waals surface area contributed by atoms with Gasteiger partial charge in [-0.25, -0.2) is 0 Å². The maximum Gasteiger partial charge on any atom is 0.229 e. The minimum absolute atomic E-state index is 0.169.